The molecule has 2 aromatic heterocycles. The third-order valence-electron chi connectivity index (χ3n) is 1.67. The highest BCUT2D eigenvalue weighted by atomic mass is 16.5. The molecule has 0 aliphatic rings. The SMILES string of the molecule is COC(=O)c1cc2c(N)[nH]nc2o1. The summed E-state index contributed by atoms with van der Waals surface area (Å²) < 4.78 is 9.51. The summed E-state index contributed by atoms with van der Waals surface area (Å²) in [4.78, 5) is 11.0. The maximum atomic E-state index is 11.0. The second-order valence-electron chi connectivity index (χ2n) is 2.46. The topological polar surface area (TPSA) is 94.1 Å². The van der Waals surface area contributed by atoms with Gasteiger partial charge in [-0.1, -0.05) is 0 Å². The van der Waals surface area contributed by atoms with Crippen LogP contribution in [0.1, 0.15) is 10.6 Å². The van der Waals surface area contributed by atoms with Crippen molar-refractivity contribution in [1.29, 1.82) is 0 Å². The van der Waals surface area contributed by atoms with E-state index in [1.165, 1.54) is 13.2 Å². The van der Waals surface area contributed by atoms with Gasteiger partial charge in [0.15, 0.2) is 0 Å². The summed E-state index contributed by atoms with van der Waals surface area (Å²) in [5, 5.41) is 6.84. The number of H-pyrrole nitrogens is 1. The second kappa shape index (κ2) is 2.51. The number of furan rings is 1. The predicted octanol–water partition coefficient (Wildman–Crippen LogP) is 0.525. The van der Waals surface area contributed by atoms with E-state index in [9.17, 15) is 4.79 Å². The normalized spacial score (nSPS) is 10.5. The number of hydrogen-bond donors (Lipinski definition) is 2. The number of nitrogens with one attached hydrogen (secondary N) is 1. The van der Waals surface area contributed by atoms with Gasteiger partial charge in [0.2, 0.25) is 11.5 Å². The first-order valence-corrected chi connectivity index (χ1v) is 3.54. The Hall–Kier alpha value is -1.98. The Morgan fingerprint density at radius 3 is 3.15 bits per heavy atom. The molecule has 0 unspecified atom stereocenters. The number of anilines is 1. The van der Waals surface area contributed by atoms with Crippen LogP contribution >= 0.6 is 0 Å². The van der Waals surface area contributed by atoms with Gasteiger partial charge in [-0.3, -0.25) is 5.10 Å². The van der Waals surface area contributed by atoms with E-state index in [1.807, 2.05) is 0 Å². The molecule has 0 saturated carbocycles. The monoisotopic (exact) mass is 181 g/mol. The summed E-state index contributed by atoms with van der Waals surface area (Å²) in [7, 11) is 1.28. The number of methoxy groups -OCH3 is 1. The Morgan fingerprint density at radius 1 is 1.77 bits per heavy atom. The lowest BCUT2D eigenvalue weighted by atomic mass is 10.3. The van der Waals surface area contributed by atoms with Crippen LogP contribution < -0.4 is 5.73 Å². The molecular formula is C7H7N3O3. The maximum Gasteiger partial charge on any atom is 0.374 e. The van der Waals surface area contributed by atoms with Crippen molar-refractivity contribution in [1.82, 2.24) is 10.2 Å². The van der Waals surface area contributed by atoms with Gasteiger partial charge in [0.05, 0.1) is 12.5 Å². The number of carbonyl (C=O) groups is 1. The minimum absolute atomic E-state index is 0.0979. The van der Waals surface area contributed by atoms with Gasteiger partial charge in [-0.2, -0.15) is 0 Å². The molecule has 0 amide bonds. The summed E-state index contributed by atoms with van der Waals surface area (Å²) in [5.74, 6) is -0.0768. The number of aromatic nitrogens is 2. The first-order chi connectivity index (χ1) is 6.22. The fraction of sp³-hybridized carbons (Fsp3) is 0.143. The zero-order valence-corrected chi connectivity index (χ0v) is 6.83. The van der Waals surface area contributed by atoms with Crippen molar-refractivity contribution in [2.24, 2.45) is 0 Å². The van der Waals surface area contributed by atoms with Gasteiger partial charge in [0, 0.05) is 6.07 Å². The van der Waals surface area contributed by atoms with Gasteiger partial charge in [-0.05, 0) is 0 Å². The van der Waals surface area contributed by atoms with E-state index in [0.29, 0.717) is 16.9 Å². The molecule has 3 N–H and O–H groups in total. The molecule has 68 valence electrons. The highest BCUT2D eigenvalue weighted by Gasteiger charge is 2.15. The van der Waals surface area contributed by atoms with Crippen molar-refractivity contribution in [2.75, 3.05) is 12.8 Å². The Labute approximate surface area is 72.6 Å². The van der Waals surface area contributed by atoms with E-state index in [1.54, 1.807) is 0 Å². The second-order valence-corrected chi connectivity index (χ2v) is 2.46. The molecule has 0 saturated heterocycles. The highest BCUT2D eigenvalue weighted by Crippen LogP contribution is 2.22. The lowest BCUT2D eigenvalue weighted by Gasteiger charge is -1.90. The fourth-order valence-corrected chi connectivity index (χ4v) is 1.03. The van der Waals surface area contributed by atoms with E-state index in [4.69, 9.17) is 10.2 Å². The molecule has 2 heterocycles. The number of aromatic amines is 1. The number of carbonyl (C=O) groups excluding carboxylic acids is 1. The molecule has 0 radical (unpaired) electrons. The van der Waals surface area contributed by atoms with Crippen molar-refractivity contribution in [2.45, 2.75) is 0 Å². The Kier molecular flexibility index (Phi) is 1.48. The standard InChI is InChI=1S/C7H7N3O3/c1-12-7(11)4-2-3-5(8)9-10-6(3)13-4/h2H,1H3,(H3,8,9,10). The molecule has 2 rings (SSSR count). The highest BCUT2D eigenvalue weighted by molar-refractivity contribution is 5.94. The Bertz CT molecular complexity index is 456. The smallest absolute Gasteiger partial charge is 0.374 e. The molecule has 0 aliphatic carbocycles. The lowest BCUT2D eigenvalue weighted by Crippen LogP contribution is -1.98. The van der Waals surface area contributed by atoms with Gasteiger partial charge < -0.3 is 14.9 Å². The van der Waals surface area contributed by atoms with Crippen molar-refractivity contribution in [3.8, 4) is 0 Å². The minimum Gasteiger partial charge on any atom is -0.463 e. The molecular weight excluding hydrogens is 174 g/mol. The largest absolute Gasteiger partial charge is 0.463 e. The lowest BCUT2D eigenvalue weighted by molar-refractivity contribution is 0.0567. The number of nitrogen functional groups attached to an aromatic ring is 1. The van der Waals surface area contributed by atoms with Crippen LogP contribution in [0.3, 0.4) is 0 Å². The van der Waals surface area contributed by atoms with Gasteiger partial charge in [-0.25, -0.2) is 4.79 Å². The van der Waals surface area contributed by atoms with Gasteiger partial charge in [-0.15, -0.1) is 5.10 Å². The van der Waals surface area contributed by atoms with E-state index in [0.717, 1.165) is 0 Å². The number of nitrogens with two attached hydrogens (primary N) is 1. The van der Waals surface area contributed by atoms with Crippen LogP contribution in [0.15, 0.2) is 10.5 Å². The summed E-state index contributed by atoms with van der Waals surface area (Å²) in [5.41, 5.74) is 5.80. The molecule has 0 aromatic carbocycles. The molecule has 0 fully saturated rings. The van der Waals surface area contributed by atoms with Crippen LogP contribution in [0.25, 0.3) is 11.1 Å². The van der Waals surface area contributed by atoms with Crippen LogP contribution in [0.2, 0.25) is 0 Å². The molecule has 0 bridgehead atoms. The van der Waals surface area contributed by atoms with Crippen LogP contribution in [0.5, 0.6) is 0 Å². The zero-order chi connectivity index (χ0) is 9.42. The number of hydrogen-bond acceptors (Lipinski definition) is 5. The third-order valence-corrected chi connectivity index (χ3v) is 1.67. The quantitative estimate of drug-likeness (QED) is 0.625. The predicted molar refractivity (Wildman–Crippen MR) is 44.1 cm³/mol. The van der Waals surface area contributed by atoms with E-state index in [-0.39, 0.29) is 5.76 Å². The van der Waals surface area contributed by atoms with Crippen LogP contribution in [0.4, 0.5) is 5.82 Å². The van der Waals surface area contributed by atoms with E-state index >= 15 is 0 Å². The Morgan fingerprint density at radius 2 is 2.54 bits per heavy atom. The zero-order valence-electron chi connectivity index (χ0n) is 6.83. The molecule has 6 nitrogen and oxygen atoms in total. The number of fused-ring (bicyclic) bond motifs is 1. The first-order valence-electron chi connectivity index (χ1n) is 3.54. The van der Waals surface area contributed by atoms with Crippen LogP contribution in [-0.2, 0) is 4.74 Å². The van der Waals surface area contributed by atoms with E-state index < -0.39 is 5.97 Å². The summed E-state index contributed by atoms with van der Waals surface area (Å²) in [6, 6.07) is 1.49. The average Bonchev–Trinajstić information content (AvgIpc) is 2.67. The molecule has 6 heteroatoms. The van der Waals surface area contributed by atoms with E-state index in [2.05, 4.69) is 14.9 Å². The minimum atomic E-state index is -0.544. The maximum absolute atomic E-state index is 11.0. The molecule has 0 spiro atoms. The average molecular weight is 181 g/mol. The Balaban J connectivity index is 2.56. The third kappa shape index (κ3) is 1.03. The number of ether oxygens (including phenoxy) is 1. The van der Waals surface area contributed by atoms with Crippen LogP contribution in [0, 0.1) is 0 Å². The van der Waals surface area contributed by atoms with Gasteiger partial charge >= 0.3 is 5.97 Å². The van der Waals surface area contributed by atoms with Crippen molar-refractivity contribution in [3.05, 3.63) is 11.8 Å². The number of esters is 1. The van der Waals surface area contributed by atoms with Crippen molar-refractivity contribution < 1.29 is 13.9 Å². The number of rotatable bonds is 1. The summed E-state index contributed by atoms with van der Waals surface area (Å²) in [6.45, 7) is 0. The molecule has 13 heavy (non-hydrogen) atoms. The molecule has 0 atom stereocenters. The summed E-state index contributed by atoms with van der Waals surface area (Å²) >= 11 is 0. The number of nitrogens with zero attached hydrogens (tertiary/aromatic N) is 1. The van der Waals surface area contributed by atoms with Crippen molar-refractivity contribution in [3.63, 3.8) is 0 Å². The first kappa shape index (κ1) is 7.66. The van der Waals surface area contributed by atoms with Gasteiger partial charge in [0.1, 0.15) is 5.82 Å². The van der Waals surface area contributed by atoms with Crippen LogP contribution in [-0.4, -0.2) is 23.3 Å². The van der Waals surface area contributed by atoms with Gasteiger partial charge in [0.25, 0.3) is 0 Å². The molecule has 2 aromatic rings. The molecule has 0 aliphatic heterocycles. The summed E-state index contributed by atoms with van der Waals surface area (Å²) in [6.07, 6.45) is 0. The van der Waals surface area contributed by atoms with Crippen molar-refractivity contribution >= 4 is 22.9 Å². The fourth-order valence-electron chi connectivity index (χ4n) is 1.03.